The Bertz CT molecular complexity index is 1100. The maximum atomic E-state index is 13.4. The summed E-state index contributed by atoms with van der Waals surface area (Å²) in [4.78, 5) is 19.7. The van der Waals surface area contributed by atoms with Gasteiger partial charge in [-0.2, -0.15) is 5.10 Å². The summed E-state index contributed by atoms with van der Waals surface area (Å²) in [6.45, 7) is 2.38. The predicted octanol–water partition coefficient (Wildman–Crippen LogP) is 3.62. The Hall–Kier alpha value is -3.42. The highest BCUT2D eigenvalue weighted by Gasteiger charge is 2.41. The average Bonchev–Trinajstić information content (AvgIpc) is 2.85. The second-order valence-electron chi connectivity index (χ2n) is 8.15. The van der Waals surface area contributed by atoms with Crippen LogP contribution < -0.4 is 16.5 Å². The summed E-state index contributed by atoms with van der Waals surface area (Å²) < 4.78 is 0. The quantitative estimate of drug-likeness (QED) is 0.283. The van der Waals surface area contributed by atoms with E-state index in [0.29, 0.717) is 23.4 Å². The number of amides is 1. The maximum absolute atomic E-state index is 13.4. The van der Waals surface area contributed by atoms with E-state index in [9.17, 15) is 4.79 Å². The van der Waals surface area contributed by atoms with Crippen LogP contribution in [0.2, 0.25) is 5.02 Å². The summed E-state index contributed by atoms with van der Waals surface area (Å²) in [7, 11) is 0. The van der Waals surface area contributed by atoms with Crippen molar-refractivity contribution in [3.8, 4) is 0 Å². The van der Waals surface area contributed by atoms with E-state index in [2.05, 4.69) is 37.9 Å². The molecule has 1 aliphatic heterocycles. The Morgan fingerprint density at radius 1 is 1.06 bits per heavy atom. The predicted molar refractivity (Wildman–Crippen MR) is 132 cm³/mol. The van der Waals surface area contributed by atoms with Gasteiger partial charge in [0.2, 0.25) is 0 Å². The maximum Gasteiger partial charge on any atom is 0.265 e. The number of benzene rings is 2. The molecule has 0 aliphatic carbocycles. The van der Waals surface area contributed by atoms with Crippen molar-refractivity contribution in [3.63, 3.8) is 0 Å². The molecule has 1 aromatic heterocycles. The van der Waals surface area contributed by atoms with Crippen LogP contribution in [0.5, 0.6) is 0 Å². The monoisotopic (exact) mass is 462 g/mol. The van der Waals surface area contributed by atoms with Crippen molar-refractivity contribution in [1.82, 2.24) is 15.3 Å². The Kier molecular flexibility index (Phi) is 7.22. The first-order chi connectivity index (χ1) is 16.0. The van der Waals surface area contributed by atoms with E-state index in [-0.39, 0.29) is 11.7 Å². The van der Waals surface area contributed by atoms with Gasteiger partial charge in [-0.25, -0.2) is 5.43 Å². The smallest absolute Gasteiger partial charge is 0.265 e. The van der Waals surface area contributed by atoms with E-state index in [1.807, 2.05) is 42.5 Å². The van der Waals surface area contributed by atoms with Crippen molar-refractivity contribution >= 4 is 29.0 Å². The topological polar surface area (TPSA) is 95.6 Å². The molecular formula is C25H27ClN6O. The normalized spacial score (nSPS) is 16.2. The molecule has 0 atom stereocenters. The van der Waals surface area contributed by atoms with Crippen molar-refractivity contribution in [2.45, 2.75) is 24.9 Å². The lowest BCUT2D eigenvalue weighted by Crippen LogP contribution is -2.57. The highest BCUT2D eigenvalue weighted by atomic mass is 35.5. The number of aromatic nitrogens is 1. The van der Waals surface area contributed by atoms with Gasteiger partial charge >= 0.3 is 0 Å². The van der Waals surface area contributed by atoms with Gasteiger partial charge in [-0.15, -0.1) is 0 Å². The number of hydrogen-bond donors (Lipinski definition) is 3. The van der Waals surface area contributed by atoms with Gasteiger partial charge in [-0.3, -0.25) is 14.7 Å². The Balaban J connectivity index is 1.50. The second-order valence-corrected chi connectivity index (χ2v) is 8.59. The molecular weight excluding hydrogens is 436 g/mol. The number of rotatable bonds is 7. The third-order valence-electron chi connectivity index (χ3n) is 5.86. The minimum atomic E-state index is -0.833. The standard InChI is InChI=1S/C25H27ClN6O/c26-21-7-4-8-22(17-21)29-25(24(33)31-30-23(27)20-9-13-28-14-10-20)11-15-32(16-12-25)18-19-5-2-1-3-6-19/h1-10,13-14,17,29H,11-12,15-16,18H2,(H2,27,30)(H,31,33). The molecule has 2 aromatic carbocycles. The first-order valence-electron chi connectivity index (χ1n) is 10.9. The van der Waals surface area contributed by atoms with Crippen LogP contribution in [0.3, 0.4) is 0 Å². The van der Waals surface area contributed by atoms with Crippen LogP contribution in [0.4, 0.5) is 5.69 Å². The summed E-state index contributed by atoms with van der Waals surface area (Å²) in [5.41, 5.74) is 10.6. The number of piperidine rings is 1. The molecule has 33 heavy (non-hydrogen) atoms. The molecule has 0 unspecified atom stereocenters. The van der Waals surface area contributed by atoms with Crippen LogP contribution in [-0.4, -0.2) is 40.3 Å². The molecule has 3 aromatic rings. The average molecular weight is 463 g/mol. The van der Waals surface area contributed by atoms with Crippen molar-refractivity contribution < 1.29 is 4.79 Å². The van der Waals surface area contributed by atoms with Gasteiger partial charge in [0.1, 0.15) is 5.54 Å². The molecule has 1 aliphatic rings. The number of carbonyl (C=O) groups excluding carboxylic acids is 1. The number of hydrazone groups is 1. The van der Waals surface area contributed by atoms with E-state index in [1.54, 1.807) is 24.5 Å². The van der Waals surface area contributed by atoms with E-state index >= 15 is 0 Å². The molecule has 2 heterocycles. The Labute approximate surface area is 198 Å². The summed E-state index contributed by atoms with van der Waals surface area (Å²) in [5.74, 6) is 0.00371. The summed E-state index contributed by atoms with van der Waals surface area (Å²) >= 11 is 6.18. The fourth-order valence-electron chi connectivity index (χ4n) is 3.99. The number of carbonyl (C=O) groups is 1. The molecule has 1 saturated heterocycles. The minimum absolute atomic E-state index is 0.223. The zero-order chi connectivity index (χ0) is 23.1. The van der Waals surface area contributed by atoms with Crippen molar-refractivity contribution in [2.75, 3.05) is 18.4 Å². The first-order valence-corrected chi connectivity index (χ1v) is 11.3. The molecule has 170 valence electrons. The molecule has 8 heteroatoms. The Morgan fingerprint density at radius 3 is 2.48 bits per heavy atom. The van der Waals surface area contributed by atoms with Gasteiger partial charge in [-0.05, 0) is 48.7 Å². The molecule has 0 radical (unpaired) electrons. The number of nitrogens with two attached hydrogens (primary N) is 1. The molecule has 0 bridgehead atoms. The van der Waals surface area contributed by atoms with E-state index < -0.39 is 5.54 Å². The van der Waals surface area contributed by atoms with E-state index in [1.165, 1.54) is 5.56 Å². The second kappa shape index (κ2) is 10.5. The number of halogens is 1. The van der Waals surface area contributed by atoms with Gasteiger partial charge in [0.05, 0.1) is 0 Å². The molecule has 0 spiro atoms. The fraction of sp³-hybridized carbons (Fsp3) is 0.240. The number of nitrogens with one attached hydrogen (secondary N) is 2. The summed E-state index contributed by atoms with van der Waals surface area (Å²) in [6.07, 6.45) is 4.49. The summed E-state index contributed by atoms with van der Waals surface area (Å²) in [6, 6.07) is 21.2. The largest absolute Gasteiger partial charge is 0.382 e. The number of amidine groups is 1. The van der Waals surface area contributed by atoms with Crippen LogP contribution in [-0.2, 0) is 11.3 Å². The third-order valence-corrected chi connectivity index (χ3v) is 6.09. The zero-order valence-corrected chi connectivity index (χ0v) is 19.0. The van der Waals surface area contributed by atoms with Crippen LogP contribution >= 0.6 is 11.6 Å². The van der Waals surface area contributed by atoms with Crippen LogP contribution in [0.15, 0.2) is 84.2 Å². The molecule has 4 N–H and O–H groups in total. The van der Waals surface area contributed by atoms with Gasteiger partial charge in [-0.1, -0.05) is 48.0 Å². The van der Waals surface area contributed by atoms with E-state index in [4.69, 9.17) is 17.3 Å². The van der Waals surface area contributed by atoms with Crippen molar-refractivity contribution in [2.24, 2.45) is 10.8 Å². The van der Waals surface area contributed by atoms with Crippen LogP contribution in [0, 0.1) is 0 Å². The fourth-order valence-corrected chi connectivity index (χ4v) is 4.18. The molecule has 4 rings (SSSR count). The van der Waals surface area contributed by atoms with Gasteiger partial charge in [0.15, 0.2) is 5.84 Å². The minimum Gasteiger partial charge on any atom is -0.382 e. The summed E-state index contributed by atoms with van der Waals surface area (Å²) in [5, 5.41) is 8.20. The lowest BCUT2D eigenvalue weighted by molar-refractivity contribution is -0.127. The number of likely N-dealkylation sites (tertiary alicyclic amines) is 1. The molecule has 7 nitrogen and oxygen atoms in total. The number of nitrogens with zero attached hydrogens (tertiary/aromatic N) is 3. The first kappa shape index (κ1) is 22.8. The Morgan fingerprint density at radius 2 is 1.79 bits per heavy atom. The molecule has 0 saturated carbocycles. The number of pyridine rings is 1. The van der Waals surface area contributed by atoms with Gasteiger partial charge < -0.3 is 11.1 Å². The lowest BCUT2D eigenvalue weighted by Gasteiger charge is -2.41. The molecule has 1 fully saturated rings. The number of hydrogen-bond acceptors (Lipinski definition) is 5. The van der Waals surface area contributed by atoms with Crippen LogP contribution in [0.25, 0.3) is 0 Å². The van der Waals surface area contributed by atoms with Crippen molar-refractivity contribution in [3.05, 3.63) is 95.3 Å². The third kappa shape index (κ3) is 5.88. The SMILES string of the molecule is NC(=NNC(=O)C1(Nc2cccc(Cl)c2)CCN(Cc2ccccc2)CC1)c1ccncc1. The zero-order valence-electron chi connectivity index (χ0n) is 18.2. The van der Waals surface area contributed by atoms with Gasteiger partial charge in [0.25, 0.3) is 5.91 Å². The van der Waals surface area contributed by atoms with Crippen molar-refractivity contribution in [1.29, 1.82) is 0 Å². The molecule has 1 amide bonds. The highest BCUT2D eigenvalue weighted by Crippen LogP contribution is 2.29. The van der Waals surface area contributed by atoms with Crippen LogP contribution in [0.1, 0.15) is 24.0 Å². The van der Waals surface area contributed by atoms with Gasteiger partial charge in [0, 0.05) is 48.3 Å². The van der Waals surface area contributed by atoms with E-state index in [0.717, 1.165) is 25.3 Å². The highest BCUT2D eigenvalue weighted by molar-refractivity contribution is 6.30. The lowest BCUT2D eigenvalue weighted by atomic mass is 9.86. The number of anilines is 1.